The molecule has 1 aromatic rings. The molecule has 1 amide bonds. The van der Waals surface area contributed by atoms with E-state index in [1.807, 2.05) is 6.92 Å². The van der Waals surface area contributed by atoms with E-state index in [-0.39, 0.29) is 12.5 Å². The molecule has 0 aliphatic rings. The Labute approximate surface area is 135 Å². The van der Waals surface area contributed by atoms with Gasteiger partial charge in [0.05, 0.1) is 0 Å². The van der Waals surface area contributed by atoms with Gasteiger partial charge in [-0.25, -0.2) is 0 Å². The topological polar surface area (TPSA) is 58.6 Å². The number of aliphatic hydroxyl groups excluding tert-OH is 1. The van der Waals surface area contributed by atoms with Crippen LogP contribution in [0.1, 0.15) is 18.9 Å². The van der Waals surface area contributed by atoms with Crippen LogP contribution >= 0.6 is 23.4 Å². The Balaban J connectivity index is 2.30. The predicted molar refractivity (Wildman–Crippen MR) is 88.3 cm³/mol. The second kappa shape index (κ2) is 9.92. The van der Waals surface area contributed by atoms with Gasteiger partial charge in [-0.2, -0.15) is 11.8 Å². The second-order valence-corrected chi connectivity index (χ2v) is 6.31. The molecule has 4 nitrogen and oxygen atoms in total. The molecular formula is C15H22ClNO3S. The van der Waals surface area contributed by atoms with Crippen molar-refractivity contribution in [2.24, 2.45) is 0 Å². The van der Waals surface area contributed by atoms with Gasteiger partial charge in [0.15, 0.2) is 6.10 Å². The fourth-order valence-corrected chi connectivity index (χ4v) is 2.66. The van der Waals surface area contributed by atoms with Crippen molar-refractivity contribution in [1.82, 2.24) is 5.32 Å². The fourth-order valence-electron chi connectivity index (χ4n) is 1.65. The summed E-state index contributed by atoms with van der Waals surface area (Å²) < 4.78 is 5.65. The number of hydrogen-bond acceptors (Lipinski definition) is 4. The van der Waals surface area contributed by atoms with Crippen LogP contribution in [0.2, 0.25) is 5.02 Å². The molecule has 1 aromatic carbocycles. The minimum absolute atomic E-state index is 0.132. The van der Waals surface area contributed by atoms with Crippen LogP contribution in [-0.4, -0.2) is 41.8 Å². The molecule has 2 N–H and O–H groups in total. The van der Waals surface area contributed by atoms with Crippen LogP contribution in [0.5, 0.6) is 5.75 Å². The van der Waals surface area contributed by atoms with E-state index in [0.29, 0.717) is 17.3 Å². The van der Waals surface area contributed by atoms with Crippen LogP contribution in [0, 0.1) is 6.92 Å². The molecule has 1 unspecified atom stereocenters. The highest BCUT2D eigenvalue weighted by atomic mass is 35.5. The summed E-state index contributed by atoms with van der Waals surface area (Å²) >= 11 is 7.59. The fraction of sp³-hybridized carbons (Fsp3) is 0.533. The molecule has 0 aliphatic carbocycles. The predicted octanol–water partition coefficient (Wildman–Crippen LogP) is 2.65. The average molecular weight is 332 g/mol. The number of aryl methyl sites for hydroxylation is 1. The third-order valence-electron chi connectivity index (χ3n) is 2.80. The van der Waals surface area contributed by atoms with E-state index >= 15 is 0 Å². The van der Waals surface area contributed by atoms with Crippen molar-refractivity contribution in [2.45, 2.75) is 26.4 Å². The van der Waals surface area contributed by atoms with E-state index in [0.717, 1.165) is 23.5 Å². The lowest BCUT2D eigenvalue weighted by molar-refractivity contribution is -0.127. The zero-order valence-corrected chi connectivity index (χ0v) is 14.0. The van der Waals surface area contributed by atoms with Crippen molar-refractivity contribution in [3.8, 4) is 5.75 Å². The van der Waals surface area contributed by atoms with Crippen molar-refractivity contribution in [1.29, 1.82) is 0 Å². The van der Waals surface area contributed by atoms with Gasteiger partial charge in [-0.05, 0) is 49.8 Å². The molecule has 0 fully saturated rings. The van der Waals surface area contributed by atoms with Gasteiger partial charge in [-0.15, -0.1) is 0 Å². The lowest BCUT2D eigenvalue weighted by atomic mass is 10.2. The maximum Gasteiger partial charge on any atom is 0.260 e. The number of halogens is 1. The van der Waals surface area contributed by atoms with Crippen molar-refractivity contribution < 1.29 is 14.6 Å². The smallest absolute Gasteiger partial charge is 0.260 e. The Morgan fingerprint density at radius 1 is 1.48 bits per heavy atom. The zero-order valence-electron chi connectivity index (χ0n) is 12.4. The Hall–Kier alpha value is -0.910. The first-order chi connectivity index (χ1) is 10.0. The number of carbonyl (C=O) groups excluding carboxylic acids is 1. The van der Waals surface area contributed by atoms with Gasteiger partial charge >= 0.3 is 0 Å². The van der Waals surface area contributed by atoms with Crippen LogP contribution < -0.4 is 10.1 Å². The molecule has 0 saturated heterocycles. The lowest BCUT2D eigenvalue weighted by Gasteiger charge is -2.16. The summed E-state index contributed by atoms with van der Waals surface area (Å²) in [4.78, 5) is 11.9. The standard InChI is InChI=1S/C15H22ClNO3S/c1-11-10-13(16)4-5-14(11)20-12(2)15(19)17-6-9-21-8-3-7-18/h4-5,10,12,18H,3,6-9H2,1-2H3,(H,17,19). The Bertz CT molecular complexity index is 457. The average Bonchev–Trinajstić information content (AvgIpc) is 2.45. The summed E-state index contributed by atoms with van der Waals surface area (Å²) in [6.45, 7) is 4.43. The number of hydrogen-bond donors (Lipinski definition) is 2. The number of aliphatic hydroxyl groups is 1. The number of benzene rings is 1. The minimum atomic E-state index is -0.549. The summed E-state index contributed by atoms with van der Waals surface area (Å²) in [7, 11) is 0. The molecule has 0 heterocycles. The Morgan fingerprint density at radius 2 is 2.24 bits per heavy atom. The highest BCUT2D eigenvalue weighted by Crippen LogP contribution is 2.22. The van der Waals surface area contributed by atoms with Crippen molar-refractivity contribution in [3.63, 3.8) is 0 Å². The molecular weight excluding hydrogens is 310 g/mol. The van der Waals surface area contributed by atoms with E-state index in [9.17, 15) is 4.79 Å². The molecule has 1 atom stereocenters. The number of rotatable bonds is 9. The molecule has 6 heteroatoms. The van der Waals surface area contributed by atoms with Gasteiger partial charge in [0.1, 0.15) is 5.75 Å². The lowest BCUT2D eigenvalue weighted by Crippen LogP contribution is -2.37. The van der Waals surface area contributed by atoms with Gasteiger partial charge < -0.3 is 15.2 Å². The van der Waals surface area contributed by atoms with E-state index < -0.39 is 6.10 Å². The summed E-state index contributed by atoms with van der Waals surface area (Å²) in [5, 5.41) is 12.1. The minimum Gasteiger partial charge on any atom is -0.481 e. The van der Waals surface area contributed by atoms with Crippen molar-refractivity contribution in [2.75, 3.05) is 24.7 Å². The first-order valence-corrected chi connectivity index (χ1v) is 8.47. The van der Waals surface area contributed by atoms with Gasteiger partial charge in [-0.3, -0.25) is 4.79 Å². The molecule has 0 saturated carbocycles. The first-order valence-electron chi connectivity index (χ1n) is 6.93. The van der Waals surface area contributed by atoms with Crippen LogP contribution in [0.15, 0.2) is 18.2 Å². The Kier molecular flexibility index (Phi) is 8.57. The summed E-state index contributed by atoms with van der Waals surface area (Å²) in [5.74, 6) is 2.27. The quantitative estimate of drug-likeness (QED) is 0.683. The molecule has 0 aliphatic heterocycles. The normalized spacial score (nSPS) is 12.0. The first kappa shape index (κ1) is 18.1. The highest BCUT2D eigenvalue weighted by Gasteiger charge is 2.15. The Morgan fingerprint density at radius 3 is 2.90 bits per heavy atom. The summed E-state index contributed by atoms with van der Waals surface area (Å²) in [6.07, 6.45) is 0.237. The van der Waals surface area contributed by atoms with Gasteiger partial charge in [0.25, 0.3) is 5.91 Å². The van der Waals surface area contributed by atoms with E-state index in [2.05, 4.69) is 5.32 Å². The maximum absolute atomic E-state index is 11.9. The van der Waals surface area contributed by atoms with Crippen LogP contribution in [0.4, 0.5) is 0 Å². The summed E-state index contributed by atoms with van der Waals surface area (Å²) in [5.41, 5.74) is 0.904. The maximum atomic E-state index is 11.9. The number of nitrogens with one attached hydrogen (secondary N) is 1. The second-order valence-electron chi connectivity index (χ2n) is 4.65. The SMILES string of the molecule is Cc1cc(Cl)ccc1OC(C)C(=O)NCCSCCCO. The number of thioether (sulfide) groups is 1. The monoisotopic (exact) mass is 331 g/mol. The number of amides is 1. The largest absolute Gasteiger partial charge is 0.481 e. The molecule has 0 spiro atoms. The van der Waals surface area contributed by atoms with E-state index in [1.54, 1.807) is 36.9 Å². The molecule has 1 rings (SSSR count). The molecule has 21 heavy (non-hydrogen) atoms. The molecule has 0 aromatic heterocycles. The number of carbonyl (C=O) groups is 1. The zero-order chi connectivity index (χ0) is 15.7. The highest BCUT2D eigenvalue weighted by molar-refractivity contribution is 7.99. The van der Waals surface area contributed by atoms with Crippen molar-refractivity contribution >= 4 is 29.3 Å². The van der Waals surface area contributed by atoms with E-state index in [1.165, 1.54) is 0 Å². The van der Waals surface area contributed by atoms with Crippen molar-refractivity contribution in [3.05, 3.63) is 28.8 Å². The van der Waals surface area contributed by atoms with Crippen LogP contribution in [0.25, 0.3) is 0 Å². The van der Waals surface area contributed by atoms with Gasteiger partial charge in [-0.1, -0.05) is 11.6 Å². The number of ether oxygens (including phenoxy) is 1. The van der Waals surface area contributed by atoms with Gasteiger partial charge in [0, 0.05) is 23.9 Å². The van der Waals surface area contributed by atoms with E-state index in [4.69, 9.17) is 21.4 Å². The van der Waals surface area contributed by atoms with Gasteiger partial charge in [0.2, 0.25) is 0 Å². The summed E-state index contributed by atoms with van der Waals surface area (Å²) in [6, 6.07) is 5.32. The molecule has 0 radical (unpaired) electrons. The third kappa shape index (κ3) is 7.07. The van der Waals surface area contributed by atoms with Crippen LogP contribution in [-0.2, 0) is 4.79 Å². The molecule has 118 valence electrons. The molecule has 0 bridgehead atoms. The third-order valence-corrected chi connectivity index (χ3v) is 4.11. The van der Waals surface area contributed by atoms with Crippen LogP contribution in [0.3, 0.4) is 0 Å².